The number of thioether (sulfide) groups is 1. The van der Waals surface area contributed by atoms with Gasteiger partial charge in [-0.1, -0.05) is 42.8 Å². The molecule has 2 N–H and O–H groups in total. The number of benzene rings is 2. The molecule has 2 aromatic carbocycles. The zero-order chi connectivity index (χ0) is 22.6. The van der Waals surface area contributed by atoms with Crippen LogP contribution in [0.25, 0.3) is 28.0 Å². The number of hydrogen-bond donors (Lipinski definition) is 2. The van der Waals surface area contributed by atoms with Gasteiger partial charge >= 0.3 is 0 Å². The minimum atomic E-state index is 0.0433. The van der Waals surface area contributed by atoms with Crippen LogP contribution in [0.5, 0.6) is 5.75 Å². The Morgan fingerprint density at radius 2 is 1.94 bits per heavy atom. The van der Waals surface area contributed by atoms with Gasteiger partial charge in [0, 0.05) is 34.4 Å². The van der Waals surface area contributed by atoms with E-state index in [1.165, 1.54) is 24.6 Å². The van der Waals surface area contributed by atoms with Crippen molar-refractivity contribution in [2.45, 2.75) is 43.8 Å². The van der Waals surface area contributed by atoms with E-state index in [0.29, 0.717) is 23.6 Å². The molecule has 0 aliphatic heterocycles. The zero-order valence-electron chi connectivity index (χ0n) is 18.6. The highest BCUT2D eigenvalue weighted by atomic mass is 32.2. The van der Waals surface area contributed by atoms with E-state index in [4.69, 9.17) is 4.74 Å². The molecule has 0 bridgehead atoms. The van der Waals surface area contributed by atoms with Gasteiger partial charge in [-0.05, 0) is 50.1 Å². The Hall–Kier alpha value is -3.26. The second-order valence-electron chi connectivity index (χ2n) is 8.15. The smallest absolute Gasteiger partial charge is 0.230 e. The van der Waals surface area contributed by atoms with Gasteiger partial charge in [0.05, 0.1) is 12.4 Å². The van der Waals surface area contributed by atoms with Crippen LogP contribution in [0.1, 0.15) is 32.6 Å². The average Bonchev–Trinajstić information content (AvgIpc) is 3.58. The van der Waals surface area contributed by atoms with Gasteiger partial charge in [0.15, 0.2) is 11.0 Å². The lowest BCUT2D eigenvalue weighted by molar-refractivity contribution is -0.119. The molecule has 1 saturated carbocycles. The van der Waals surface area contributed by atoms with Crippen LogP contribution in [0.4, 0.5) is 0 Å². The fraction of sp³-hybridized carbons (Fsp3) is 0.320. The van der Waals surface area contributed by atoms with E-state index in [2.05, 4.69) is 26.6 Å². The molecule has 0 saturated heterocycles. The molecule has 170 valence electrons. The Balaban J connectivity index is 1.47. The lowest BCUT2D eigenvalue weighted by Crippen LogP contribution is -2.33. The Labute approximate surface area is 196 Å². The third-order valence-electron chi connectivity index (χ3n) is 5.92. The molecule has 2 aromatic heterocycles. The summed E-state index contributed by atoms with van der Waals surface area (Å²) in [6, 6.07) is 16.3. The van der Waals surface area contributed by atoms with Crippen LogP contribution in [-0.4, -0.2) is 44.1 Å². The third-order valence-corrected chi connectivity index (χ3v) is 6.85. The number of nitrogens with zero attached hydrogens (tertiary/aromatic N) is 3. The fourth-order valence-corrected chi connectivity index (χ4v) is 5.12. The first kappa shape index (κ1) is 21.6. The Morgan fingerprint density at radius 1 is 1.15 bits per heavy atom. The van der Waals surface area contributed by atoms with Crippen LogP contribution in [0.3, 0.4) is 0 Å². The van der Waals surface area contributed by atoms with Crippen LogP contribution >= 0.6 is 11.8 Å². The first-order chi connectivity index (χ1) is 16.2. The molecular formula is C25H27N5O2S. The summed E-state index contributed by atoms with van der Waals surface area (Å²) in [6.07, 6.45) is 6.49. The third kappa shape index (κ3) is 4.61. The quantitative estimate of drug-likeness (QED) is 0.362. The maximum atomic E-state index is 12.5. The fourth-order valence-electron chi connectivity index (χ4n) is 4.35. The Kier molecular flexibility index (Phi) is 6.35. The molecule has 0 spiro atoms. The predicted octanol–water partition coefficient (Wildman–Crippen LogP) is 4.97. The molecule has 33 heavy (non-hydrogen) atoms. The molecule has 8 heteroatoms. The Morgan fingerprint density at radius 3 is 2.73 bits per heavy atom. The van der Waals surface area contributed by atoms with E-state index in [9.17, 15) is 4.79 Å². The number of rotatable bonds is 8. The van der Waals surface area contributed by atoms with E-state index in [0.717, 1.165) is 46.6 Å². The molecule has 0 unspecified atom stereocenters. The summed E-state index contributed by atoms with van der Waals surface area (Å²) in [5, 5.41) is 13.9. The number of aromatic amines is 1. The molecular weight excluding hydrogens is 434 g/mol. The number of carbonyl (C=O) groups excluding carboxylic acids is 1. The van der Waals surface area contributed by atoms with Gasteiger partial charge in [-0.15, -0.1) is 10.2 Å². The van der Waals surface area contributed by atoms with Crippen molar-refractivity contribution in [3.63, 3.8) is 0 Å². The highest BCUT2D eigenvalue weighted by molar-refractivity contribution is 7.99. The number of ether oxygens (including phenoxy) is 1. The van der Waals surface area contributed by atoms with Crippen molar-refractivity contribution in [3.8, 4) is 22.8 Å². The highest BCUT2D eigenvalue weighted by Gasteiger charge is 2.21. The van der Waals surface area contributed by atoms with Gasteiger partial charge in [0.1, 0.15) is 5.75 Å². The molecule has 4 aromatic rings. The lowest BCUT2D eigenvalue weighted by Gasteiger charge is -2.13. The second kappa shape index (κ2) is 9.70. The SMILES string of the molecule is CCOc1ccc(-n2c(SCC(=O)NC3CCCC3)nnc2-c2c[nH]c3ccccc23)cc1. The zero-order valence-corrected chi connectivity index (χ0v) is 19.4. The van der Waals surface area contributed by atoms with E-state index >= 15 is 0 Å². The molecule has 7 nitrogen and oxygen atoms in total. The molecule has 0 radical (unpaired) electrons. The molecule has 1 aliphatic carbocycles. The molecule has 2 heterocycles. The first-order valence-electron chi connectivity index (χ1n) is 11.4. The summed E-state index contributed by atoms with van der Waals surface area (Å²) in [6.45, 7) is 2.58. The molecule has 5 rings (SSSR count). The van der Waals surface area contributed by atoms with Crippen LogP contribution in [-0.2, 0) is 4.79 Å². The number of aromatic nitrogens is 4. The molecule has 1 fully saturated rings. The second-order valence-corrected chi connectivity index (χ2v) is 9.10. The average molecular weight is 462 g/mol. The summed E-state index contributed by atoms with van der Waals surface area (Å²) in [4.78, 5) is 15.9. The summed E-state index contributed by atoms with van der Waals surface area (Å²) in [7, 11) is 0. The maximum Gasteiger partial charge on any atom is 0.230 e. The number of hydrogen-bond acceptors (Lipinski definition) is 5. The molecule has 0 atom stereocenters. The van der Waals surface area contributed by atoms with Gasteiger partial charge in [-0.3, -0.25) is 9.36 Å². The van der Waals surface area contributed by atoms with Crippen molar-refractivity contribution in [1.82, 2.24) is 25.1 Å². The number of amides is 1. The van der Waals surface area contributed by atoms with E-state index in [1.807, 2.05) is 60.2 Å². The van der Waals surface area contributed by atoms with E-state index < -0.39 is 0 Å². The first-order valence-corrected chi connectivity index (χ1v) is 12.4. The number of fused-ring (bicyclic) bond motifs is 1. The minimum absolute atomic E-state index is 0.0433. The molecule has 1 amide bonds. The van der Waals surface area contributed by atoms with Crippen molar-refractivity contribution < 1.29 is 9.53 Å². The minimum Gasteiger partial charge on any atom is -0.494 e. The van der Waals surface area contributed by atoms with Crippen molar-refractivity contribution >= 4 is 28.6 Å². The number of carbonyl (C=O) groups is 1. The van der Waals surface area contributed by atoms with Crippen LogP contribution in [0.2, 0.25) is 0 Å². The predicted molar refractivity (Wildman–Crippen MR) is 131 cm³/mol. The van der Waals surface area contributed by atoms with Crippen LogP contribution in [0, 0.1) is 0 Å². The Bertz CT molecular complexity index is 1240. The van der Waals surface area contributed by atoms with Crippen molar-refractivity contribution in [1.29, 1.82) is 0 Å². The van der Waals surface area contributed by atoms with Crippen molar-refractivity contribution in [2.24, 2.45) is 0 Å². The number of H-pyrrole nitrogens is 1. The van der Waals surface area contributed by atoms with Gasteiger partial charge in [-0.2, -0.15) is 0 Å². The van der Waals surface area contributed by atoms with E-state index in [-0.39, 0.29) is 5.91 Å². The maximum absolute atomic E-state index is 12.5. The summed E-state index contributed by atoms with van der Waals surface area (Å²) in [5.74, 6) is 1.89. The summed E-state index contributed by atoms with van der Waals surface area (Å²) in [5.41, 5.74) is 2.93. The van der Waals surface area contributed by atoms with Crippen molar-refractivity contribution in [2.75, 3.05) is 12.4 Å². The number of para-hydroxylation sites is 1. The monoisotopic (exact) mass is 461 g/mol. The van der Waals surface area contributed by atoms with Gasteiger partial charge < -0.3 is 15.0 Å². The topological polar surface area (TPSA) is 84.8 Å². The van der Waals surface area contributed by atoms with Gasteiger partial charge in [0.25, 0.3) is 0 Å². The summed E-state index contributed by atoms with van der Waals surface area (Å²) < 4.78 is 7.62. The lowest BCUT2D eigenvalue weighted by atomic mass is 10.1. The standard InChI is InChI=1S/C25H27N5O2S/c1-2-32-19-13-11-18(12-14-19)30-24(21-15-26-22-10-6-5-9-20(21)22)28-29-25(30)33-16-23(31)27-17-7-3-4-8-17/h5-6,9-15,17,26H,2-4,7-8,16H2,1H3,(H,27,31). The van der Waals surface area contributed by atoms with Crippen molar-refractivity contribution in [3.05, 3.63) is 54.7 Å². The normalized spacial score (nSPS) is 14.1. The summed E-state index contributed by atoms with van der Waals surface area (Å²) >= 11 is 1.41. The van der Waals surface area contributed by atoms with Gasteiger partial charge in [0.2, 0.25) is 5.91 Å². The molecule has 1 aliphatic rings. The van der Waals surface area contributed by atoms with Gasteiger partial charge in [-0.25, -0.2) is 0 Å². The van der Waals surface area contributed by atoms with Crippen LogP contribution in [0.15, 0.2) is 59.9 Å². The van der Waals surface area contributed by atoms with E-state index in [1.54, 1.807) is 0 Å². The number of nitrogens with one attached hydrogen (secondary N) is 2. The van der Waals surface area contributed by atoms with Crippen LogP contribution < -0.4 is 10.1 Å². The largest absolute Gasteiger partial charge is 0.494 e. The highest BCUT2D eigenvalue weighted by Crippen LogP contribution is 2.33.